The molecule has 0 spiro atoms. The molecule has 4 nitrogen and oxygen atoms in total. The Labute approximate surface area is 155 Å². The van der Waals surface area contributed by atoms with Crippen molar-refractivity contribution in [2.24, 2.45) is 0 Å². The van der Waals surface area contributed by atoms with Crippen LogP contribution in [0.2, 0.25) is 0 Å². The third-order valence-electron chi connectivity index (χ3n) is 4.74. The van der Waals surface area contributed by atoms with E-state index in [0.717, 1.165) is 33.1 Å². The smallest absolute Gasteiger partial charge is 0.256 e. The molecule has 0 bridgehead atoms. The van der Waals surface area contributed by atoms with Gasteiger partial charge in [0.25, 0.3) is 5.91 Å². The summed E-state index contributed by atoms with van der Waals surface area (Å²) < 4.78 is 0. The molecule has 2 heterocycles. The lowest BCUT2D eigenvalue weighted by Crippen LogP contribution is -2.12. The van der Waals surface area contributed by atoms with E-state index in [0.29, 0.717) is 11.4 Å². The molecular formula is C23H17N3O. The molecule has 1 amide bonds. The summed E-state index contributed by atoms with van der Waals surface area (Å²) in [5, 5.41) is 5.17. The van der Waals surface area contributed by atoms with E-state index in [1.54, 1.807) is 0 Å². The molecule has 5 rings (SSSR count). The van der Waals surface area contributed by atoms with Crippen molar-refractivity contribution in [3.8, 4) is 11.3 Å². The molecule has 0 radical (unpaired) electrons. The maximum atomic E-state index is 12.7. The molecule has 4 heteroatoms. The van der Waals surface area contributed by atoms with E-state index in [1.807, 2.05) is 72.8 Å². The van der Waals surface area contributed by atoms with Gasteiger partial charge >= 0.3 is 0 Å². The Morgan fingerprint density at radius 2 is 1.41 bits per heavy atom. The van der Waals surface area contributed by atoms with Crippen LogP contribution in [-0.2, 0) is 0 Å². The molecule has 0 aliphatic rings. The summed E-state index contributed by atoms with van der Waals surface area (Å²) in [6.45, 7) is 0. The number of benzene rings is 3. The normalized spacial score (nSPS) is 11.1. The third kappa shape index (κ3) is 2.87. The Balaban J connectivity index is 1.44. The van der Waals surface area contributed by atoms with Crippen LogP contribution in [0.4, 0.5) is 5.82 Å². The monoisotopic (exact) mass is 351 g/mol. The van der Waals surface area contributed by atoms with Gasteiger partial charge in [0.15, 0.2) is 0 Å². The van der Waals surface area contributed by atoms with E-state index < -0.39 is 0 Å². The highest BCUT2D eigenvalue weighted by molar-refractivity contribution is 6.05. The Bertz CT molecular complexity index is 1210. The topological polar surface area (TPSA) is 60.7 Å². The number of rotatable bonds is 3. The van der Waals surface area contributed by atoms with Crippen molar-refractivity contribution in [3.05, 3.63) is 90.5 Å². The minimum absolute atomic E-state index is 0.139. The van der Waals surface area contributed by atoms with E-state index in [1.165, 1.54) is 0 Å². The third-order valence-corrected chi connectivity index (χ3v) is 4.74. The van der Waals surface area contributed by atoms with Crippen molar-refractivity contribution in [1.29, 1.82) is 0 Å². The van der Waals surface area contributed by atoms with Gasteiger partial charge in [-0.3, -0.25) is 4.79 Å². The first-order valence-electron chi connectivity index (χ1n) is 8.83. The average Bonchev–Trinajstić information content (AvgIpc) is 3.31. The van der Waals surface area contributed by atoms with Crippen LogP contribution >= 0.6 is 0 Å². The Morgan fingerprint density at radius 3 is 2.15 bits per heavy atom. The number of hydrogen-bond acceptors (Lipinski definition) is 1. The molecule has 5 aromatic rings. The number of aromatic nitrogens is 2. The lowest BCUT2D eigenvalue weighted by atomic mass is 10.1. The molecule has 2 aromatic heterocycles. The van der Waals surface area contributed by atoms with Gasteiger partial charge in [-0.25, -0.2) is 0 Å². The Morgan fingerprint density at radius 1 is 0.704 bits per heavy atom. The van der Waals surface area contributed by atoms with Crippen LogP contribution in [0.1, 0.15) is 10.4 Å². The first kappa shape index (κ1) is 15.5. The molecule has 0 unspecified atom stereocenters. The van der Waals surface area contributed by atoms with Crippen molar-refractivity contribution < 1.29 is 4.79 Å². The Kier molecular flexibility index (Phi) is 3.54. The first-order valence-corrected chi connectivity index (χ1v) is 8.83. The summed E-state index contributed by atoms with van der Waals surface area (Å²) in [4.78, 5) is 19.3. The summed E-state index contributed by atoms with van der Waals surface area (Å²) in [5.41, 5.74) is 4.68. The predicted molar refractivity (Wildman–Crippen MR) is 110 cm³/mol. The fourth-order valence-corrected chi connectivity index (χ4v) is 3.39. The molecule has 27 heavy (non-hydrogen) atoms. The number of aromatic amines is 2. The van der Waals surface area contributed by atoms with Crippen molar-refractivity contribution in [2.45, 2.75) is 0 Å². The SMILES string of the molecule is O=C(Nc1cc2ccccc2[nH]1)c1cccc(-c2cc3ccccc3[nH]2)c1. The lowest BCUT2D eigenvalue weighted by Gasteiger charge is -2.05. The molecule has 0 saturated heterocycles. The van der Waals surface area contributed by atoms with E-state index >= 15 is 0 Å². The van der Waals surface area contributed by atoms with Crippen LogP contribution in [0.3, 0.4) is 0 Å². The van der Waals surface area contributed by atoms with E-state index in [4.69, 9.17) is 0 Å². The van der Waals surface area contributed by atoms with Crippen LogP contribution in [0.15, 0.2) is 84.9 Å². The summed E-state index contributed by atoms with van der Waals surface area (Å²) in [7, 11) is 0. The predicted octanol–water partition coefficient (Wildman–Crippen LogP) is 5.57. The Hall–Kier alpha value is -3.79. The van der Waals surface area contributed by atoms with Gasteiger partial charge in [-0.2, -0.15) is 0 Å². The number of hydrogen-bond donors (Lipinski definition) is 3. The van der Waals surface area contributed by atoms with Gasteiger partial charge < -0.3 is 15.3 Å². The standard InChI is InChI=1S/C23H17N3O/c27-23(26-22-14-17-7-2-4-11-20(17)25-22)18-9-5-8-15(12-18)21-13-16-6-1-3-10-19(16)24-21/h1-14,24-25H,(H,26,27). The van der Waals surface area contributed by atoms with Gasteiger partial charge in [-0.1, -0.05) is 48.5 Å². The number of H-pyrrole nitrogens is 2. The minimum atomic E-state index is -0.139. The van der Waals surface area contributed by atoms with Crippen LogP contribution in [0, 0.1) is 0 Å². The molecule has 3 N–H and O–H groups in total. The summed E-state index contributed by atoms with van der Waals surface area (Å²) >= 11 is 0. The maximum absolute atomic E-state index is 12.7. The first-order chi connectivity index (χ1) is 13.3. The average molecular weight is 351 g/mol. The second-order valence-corrected chi connectivity index (χ2v) is 6.58. The molecule has 0 saturated carbocycles. The molecule has 0 aliphatic heterocycles. The fraction of sp³-hybridized carbons (Fsp3) is 0. The van der Waals surface area contributed by atoms with E-state index in [2.05, 4.69) is 27.4 Å². The highest BCUT2D eigenvalue weighted by Crippen LogP contribution is 2.25. The number of fused-ring (bicyclic) bond motifs is 2. The molecule has 0 atom stereocenters. The van der Waals surface area contributed by atoms with Gasteiger partial charge in [0.2, 0.25) is 0 Å². The number of para-hydroxylation sites is 2. The van der Waals surface area contributed by atoms with Crippen molar-refractivity contribution in [1.82, 2.24) is 9.97 Å². The van der Waals surface area contributed by atoms with Crippen LogP contribution in [0.5, 0.6) is 0 Å². The van der Waals surface area contributed by atoms with Crippen molar-refractivity contribution >= 4 is 33.5 Å². The van der Waals surface area contributed by atoms with Gasteiger partial charge in [0, 0.05) is 33.1 Å². The van der Waals surface area contributed by atoms with Gasteiger partial charge in [0.1, 0.15) is 5.82 Å². The van der Waals surface area contributed by atoms with Gasteiger partial charge in [-0.05, 0) is 42.0 Å². The zero-order valence-corrected chi connectivity index (χ0v) is 14.5. The summed E-state index contributed by atoms with van der Waals surface area (Å²) in [5.74, 6) is 0.553. The van der Waals surface area contributed by atoms with E-state index in [9.17, 15) is 4.79 Å². The number of carbonyl (C=O) groups is 1. The lowest BCUT2D eigenvalue weighted by molar-refractivity contribution is 0.102. The van der Waals surface area contributed by atoms with Gasteiger partial charge in [-0.15, -0.1) is 0 Å². The molecule has 130 valence electrons. The fourth-order valence-electron chi connectivity index (χ4n) is 3.39. The number of nitrogens with one attached hydrogen (secondary N) is 3. The largest absolute Gasteiger partial charge is 0.355 e. The molecular weight excluding hydrogens is 334 g/mol. The summed E-state index contributed by atoms with van der Waals surface area (Å²) in [6.07, 6.45) is 0. The van der Waals surface area contributed by atoms with Crippen LogP contribution < -0.4 is 5.32 Å². The number of anilines is 1. The molecule has 0 aliphatic carbocycles. The second kappa shape index (κ2) is 6.18. The number of carbonyl (C=O) groups excluding carboxylic acids is 1. The number of amides is 1. The second-order valence-electron chi connectivity index (χ2n) is 6.58. The maximum Gasteiger partial charge on any atom is 0.256 e. The highest BCUT2D eigenvalue weighted by Gasteiger charge is 2.10. The zero-order chi connectivity index (χ0) is 18.2. The van der Waals surface area contributed by atoms with E-state index in [-0.39, 0.29) is 5.91 Å². The van der Waals surface area contributed by atoms with Crippen LogP contribution in [0.25, 0.3) is 33.1 Å². The minimum Gasteiger partial charge on any atom is -0.355 e. The van der Waals surface area contributed by atoms with Gasteiger partial charge in [0.05, 0.1) is 0 Å². The molecule has 3 aromatic carbocycles. The molecule has 0 fully saturated rings. The highest BCUT2D eigenvalue weighted by atomic mass is 16.1. The quantitative estimate of drug-likeness (QED) is 0.391. The van der Waals surface area contributed by atoms with Crippen molar-refractivity contribution in [2.75, 3.05) is 5.32 Å². The van der Waals surface area contributed by atoms with Crippen molar-refractivity contribution in [3.63, 3.8) is 0 Å². The summed E-state index contributed by atoms with van der Waals surface area (Å²) in [6, 6.07) is 27.8. The van der Waals surface area contributed by atoms with Crippen LogP contribution in [-0.4, -0.2) is 15.9 Å². The zero-order valence-electron chi connectivity index (χ0n) is 14.5.